The number of aromatic nitrogens is 3. The van der Waals surface area contributed by atoms with E-state index in [9.17, 15) is 14.4 Å². The second-order valence-corrected chi connectivity index (χ2v) is 9.91. The van der Waals surface area contributed by atoms with E-state index in [4.69, 9.17) is 14.6 Å². The molecule has 2 aliphatic heterocycles. The van der Waals surface area contributed by atoms with Crippen molar-refractivity contribution in [2.45, 2.75) is 6.54 Å². The van der Waals surface area contributed by atoms with Crippen LogP contribution in [-0.4, -0.2) is 72.8 Å². The van der Waals surface area contributed by atoms with Crippen LogP contribution in [0.1, 0.15) is 5.56 Å². The standard InChI is InChI=1S/C28H27FN6O7/c1-31-16-41-27-24-19(26(37)21(15-35(24)31)42-28(38)39)13-20(29)25(27)33-10-8-32(9-11-33)22-6-7-23(36)34(30-22)14-17-4-3-5-18(12-17)40-2/h3-7,12-13,15H,8-11,14,16H2,1-2H3,(H,38,39). The highest BCUT2D eigenvalue weighted by atomic mass is 19.1. The zero-order chi connectivity index (χ0) is 29.5. The van der Waals surface area contributed by atoms with E-state index < -0.39 is 23.2 Å². The number of pyridine rings is 1. The summed E-state index contributed by atoms with van der Waals surface area (Å²) in [6.07, 6.45) is -0.384. The van der Waals surface area contributed by atoms with Crippen LogP contribution in [-0.2, 0) is 6.54 Å². The molecule has 4 aromatic rings. The maximum atomic E-state index is 15.6. The predicted molar refractivity (Wildman–Crippen MR) is 151 cm³/mol. The van der Waals surface area contributed by atoms with Crippen molar-refractivity contribution < 1.29 is 28.5 Å². The predicted octanol–water partition coefficient (Wildman–Crippen LogP) is 2.06. The lowest BCUT2D eigenvalue weighted by Crippen LogP contribution is -2.48. The third-order valence-electron chi connectivity index (χ3n) is 7.32. The van der Waals surface area contributed by atoms with Gasteiger partial charge >= 0.3 is 6.16 Å². The summed E-state index contributed by atoms with van der Waals surface area (Å²) < 4.78 is 34.4. The van der Waals surface area contributed by atoms with Crippen molar-refractivity contribution in [3.63, 3.8) is 0 Å². The van der Waals surface area contributed by atoms with Crippen molar-refractivity contribution in [2.24, 2.45) is 0 Å². The summed E-state index contributed by atoms with van der Waals surface area (Å²) in [6.45, 7) is 2.11. The second-order valence-electron chi connectivity index (χ2n) is 9.91. The van der Waals surface area contributed by atoms with Gasteiger partial charge in [-0.05, 0) is 29.8 Å². The van der Waals surface area contributed by atoms with Gasteiger partial charge in [-0.3, -0.25) is 19.3 Å². The number of benzene rings is 2. The van der Waals surface area contributed by atoms with Crippen LogP contribution < -0.4 is 40.0 Å². The number of hydrogen-bond acceptors (Lipinski definition) is 10. The Morgan fingerprint density at radius 2 is 1.86 bits per heavy atom. The van der Waals surface area contributed by atoms with Gasteiger partial charge in [0.15, 0.2) is 18.3 Å². The SMILES string of the molecule is COc1cccc(Cn2nc(N3CCN(c4c(F)cc5c(=O)c(OC(=O)O)cn6c5c4OCN6C)CC3)ccc2=O)c1. The Bertz CT molecular complexity index is 1820. The summed E-state index contributed by atoms with van der Waals surface area (Å²) in [6, 6.07) is 11.7. The first-order chi connectivity index (χ1) is 20.2. The Morgan fingerprint density at radius 3 is 2.60 bits per heavy atom. The quantitative estimate of drug-likeness (QED) is 0.337. The van der Waals surface area contributed by atoms with E-state index in [2.05, 4.69) is 9.84 Å². The average molecular weight is 579 g/mol. The second kappa shape index (κ2) is 10.6. The molecule has 0 aliphatic carbocycles. The molecule has 2 aromatic carbocycles. The summed E-state index contributed by atoms with van der Waals surface area (Å²) in [5.74, 6) is 0.400. The molecular formula is C28H27FN6O7. The molecule has 0 spiro atoms. The Labute approximate surface area is 238 Å². The number of anilines is 2. The zero-order valence-corrected chi connectivity index (χ0v) is 22.8. The van der Waals surface area contributed by atoms with Crippen LogP contribution in [0.5, 0.6) is 17.2 Å². The summed E-state index contributed by atoms with van der Waals surface area (Å²) >= 11 is 0. The number of ether oxygens (including phenoxy) is 3. The fourth-order valence-electron chi connectivity index (χ4n) is 5.28. The molecule has 13 nitrogen and oxygen atoms in total. The normalized spacial score (nSPS) is 14.6. The van der Waals surface area contributed by atoms with Crippen molar-refractivity contribution >= 4 is 28.6 Å². The van der Waals surface area contributed by atoms with Gasteiger partial charge in [-0.25, -0.2) is 13.9 Å². The molecule has 0 atom stereocenters. The minimum atomic E-state index is -1.64. The fourth-order valence-corrected chi connectivity index (χ4v) is 5.28. The highest BCUT2D eigenvalue weighted by Gasteiger charge is 2.31. The number of nitrogens with zero attached hydrogens (tertiary/aromatic N) is 6. The van der Waals surface area contributed by atoms with E-state index in [0.717, 1.165) is 11.6 Å². The van der Waals surface area contributed by atoms with Crippen molar-refractivity contribution in [3.05, 3.63) is 80.6 Å². The minimum absolute atomic E-state index is 0.0344. The van der Waals surface area contributed by atoms with E-state index in [1.807, 2.05) is 34.1 Å². The third-order valence-corrected chi connectivity index (χ3v) is 7.32. The molecule has 0 bridgehead atoms. The molecule has 1 fully saturated rings. The average Bonchev–Trinajstić information content (AvgIpc) is 2.98. The van der Waals surface area contributed by atoms with Crippen molar-refractivity contribution in [1.82, 2.24) is 14.5 Å². The van der Waals surface area contributed by atoms with Gasteiger partial charge in [0.25, 0.3) is 5.56 Å². The van der Waals surface area contributed by atoms with Crippen molar-refractivity contribution in [1.29, 1.82) is 0 Å². The molecule has 42 heavy (non-hydrogen) atoms. The Hall–Kier alpha value is -5.27. The largest absolute Gasteiger partial charge is 0.511 e. The third kappa shape index (κ3) is 4.80. The summed E-state index contributed by atoms with van der Waals surface area (Å²) in [4.78, 5) is 40.5. The van der Waals surface area contributed by atoms with Gasteiger partial charge in [0.1, 0.15) is 22.8 Å². The monoisotopic (exact) mass is 578 g/mol. The molecule has 14 heteroatoms. The lowest BCUT2D eigenvalue weighted by atomic mass is 10.1. The highest BCUT2D eigenvalue weighted by Crippen LogP contribution is 2.41. The highest BCUT2D eigenvalue weighted by molar-refractivity contribution is 5.93. The first-order valence-corrected chi connectivity index (χ1v) is 13.1. The summed E-state index contributed by atoms with van der Waals surface area (Å²) in [7, 11) is 3.26. The molecule has 0 radical (unpaired) electrons. The molecule has 6 rings (SSSR count). The van der Waals surface area contributed by atoms with Crippen molar-refractivity contribution in [2.75, 3.05) is 61.9 Å². The minimum Gasteiger partial charge on any atom is -0.497 e. The van der Waals surface area contributed by atoms with Gasteiger partial charge in [-0.1, -0.05) is 12.1 Å². The van der Waals surface area contributed by atoms with Crippen LogP contribution in [0, 0.1) is 5.82 Å². The zero-order valence-electron chi connectivity index (χ0n) is 22.8. The molecule has 218 valence electrons. The summed E-state index contributed by atoms with van der Waals surface area (Å²) in [5, 5.41) is 15.2. The van der Waals surface area contributed by atoms with Gasteiger partial charge in [0.2, 0.25) is 11.2 Å². The van der Waals surface area contributed by atoms with Gasteiger partial charge < -0.3 is 29.1 Å². The molecule has 1 N–H and O–H groups in total. The number of hydrogen-bond donors (Lipinski definition) is 1. The molecule has 0 saturated carbocycles. The van der Waals surface area contributed by atoms with Crippen LogP contribution in [0.25, 0.3) is 10.9 Å². The van der Waals surface area contributed by atoms with Crippen LogP contribution in [0.2, 0.25) is 0 Å². The van der Waals surface area contributed by atoms with E-state index in [0.29, 0.717) is 43.3 Å². The fraction of sp³-hybridized carbons (Fsp3) is 0.286. The lowest BCUT2D eigenvalue weighted by molar-refractivity contribution is 0.143. The van der Waals surface area contributed by atoms with E-state index in [1.54, 1.807) is 25.2 Å². The van der Waals surface area contributed by atoms with E-state index >= 15 is 4.39 Å². The van der Waals surface area contributed by atoms with Crippen LogP contribution in [0.4, 0.5) is 20.7 Å². The van der Waals surface area contributed by atoms with Crippen LogP contribution in [0.15, 0.2) is 58.3 Å². The first-order valence-electron chi connectivity index (χ1n) is 13.1. The van der Waals surface area contributed by atoms with Gasteiger partial charge in [-0.2, -0.15) is 5.10 Å². The molecule has 1 saturated heterocycles. The Morgan fingerprint density at radius 1 is 1.10 bits per heavy atom. The number of methoxy groups -OCH3 is 1. The van der Waals surface area contributed by atoms with Crippen LogP contribution in [0.3, 0.4) is 0 Å². The van der Waals surface area contributed by atoms with Gasteiger partial charge in [0.05, 0.1) is 25.2 Å². The maximum Gasteiger partial charge on any atom is 0.511 e. The Balaban J connectivity index is 1.27. The number of rotatable bonds is 6. The van der Waals surface area contributed by atoms with Gasteiger partial charge in [0, 0.05) is 39.3 Å². The molecule has 0 amide bonds. The maximum absolute atomic E-state index is 15.6. The molecule has 4 heterocycles. The summed E-state index contributed by atoms with van der Waals surface area (Å²) in [5.41, 5.74) is 0.414. The molecule has 2 aliphatic rings. The van der Waals surface area contributed by atoms with E-state index in [-0.39, 0.29) is 35.7 Å². The number of halogens is 1. The Kier molecular flexibility index (Phi) is 6.80. The lowest BCUT2D eigenvalue weighted by Gasteiger charge is -2.39. The topological polar surface area (TPSA) is 132 Å². The molecule has 2 aromatic heterocycles. The number of carbonyl (C=O) groups is 1. The number of carboxylic acid groups (broad SMARTS) is 1. The van der Waals surface area contributed by atoms with Crippen molar-refractivity contribution in [3.8, 4) is 17.2 Å². The first kappa shape index (κ1) is 26.9. The molecule has 0 unspecified atom stereocenters. The van der Waals surface area contributed by atoms with E-state index in [1.165, 1.54) is 21.6 Å². The van der Waals surface area contributed by atoms with Crippen LogP contribution >= 0.6 is 0 Å². The molecular weight excluding hydrogens is 551 g/mol. The number of piperazine rings is 1. The smallest absolute Gasteiger partial charge is 0.497 e. The van der Waals surface area contributed by atoms with Gasteiger partial charge in [-0.15, -0.1) is 0 Å².